The second-order valence-corrected chi connectivity index (χ2v) is 5.59. The van der Waals surface area contributed by atoms with Gasteiger partial charge in [-0.2, -0.15) is 0 Å². The topological polar surface area (TPSA) is 54.4 Å². The van der Waals surface area contributed by atoms with Crippen LogP contribution >= 0.6 is 0 Å². The molecule has 2 unspecified atom stereocenters. The summed E-state index contributed by atoms with van der Waals surface area (Å²) in [5.41, 5.74) is 1.07. The van der Waals surface area contributed by atoms with Crippen LogP contribution in [0.5, 0.6) is 0 Å². The Morgan fingerprint density at radius 3 is 2.60 bits per heavy atom. The molecular weight excluding hydrogens is 272 g/mol. The summed E-state index contributed by atoms with van der Waals surface area (Å²) in [4.78, 5) is 11.3. The summed E-state index contributed by atoms with van der Waals surface area (Å²) in [5.74, 6) is -0.365. The molecule has 4 heteroatoms. The van der Waals surface area contributed by atoms with Crippen LogP contribution in [0.2, 0.25) is 0 Å². The highest BCUT2D eigenvalue weighted by Gasteiger charge is 2.32. The standard InChI is InChI=1S/C16H17O3S/c17-9-8-16(20-19)14(11-18)10-13-6-3-5-12-4-1-2-7-15(12)13/h1-7,11,14,16-17H,8-10H2/q+1. The normalized spacial score (nSPS) is 13.8. The molecule has 0 aliphatic heterocycles. The van der Waals surface area contributed by atoms with E-state index in [-0.39, 0.29) is 17.8 Å². The molecule has 0 aliphatic carbocycles. The summed E-state index contributed by atoms with van der Waals surface area (Å²) in [5, 5.41) is 10.8. The third-order valence-corrected chi connectivity index (χ3v) is 4.36. The fourth-order valence-electron chi connectivity index (χ4n) is 2.45. The van der Waals surface area contributed by atoms with Crippen LogP contribution in [0.25, 0.3) is 10.8 Å². The Hall–Kier alpha value is -1.65. The molecular formula is C16H17O3S+. The molecule has 0 saturated carbocycles. The van der Waals surface area contributed by atoms with E-state index in [1.165, 1.54) is 0 Å². The molecule has 2 aromatic rings. The number of fused-ring (bicyclic) bond motifs is 1. The van der Waals surface area contributed by atoms with Gasteiger partial charge < -0.3 is 9.90 Å². The van der Waals surface area contributed by atoms with Gasteiger partial charge in [-0.25, -0.2) is 0 Å². The summed E-state index contributed by atoms with van der Waals surface area (Å²) in [6, 6.07) is 14.0. The van der Waals surface area contributed by atoms with Crippen molar-refractivity contribution >= 4 is 28.7 Å². The van der Waals surface area contributed by atoms with E-state index >= 15 is 0 Å². The second kappa shape index (κ2) is 7.22. The first-order valence-electron chi connectivity index (χ1n) is 6.61. The first kappa shape index (κ1) is 14.8. The first-order valence-corrected chi connectivity index (χ1v) is 7.42. The highest BCUT2D eigenvalue weighted by Crippen LogP contribution is 2.23. The molecule has 2 rings (SSSR count). The van der Waals surface area contributed by atoms with Crippen molar-refractivity contribution in [3.05, 3.63) is 48.0 Å². The van der Waals surface area contributed by atoms with E-state index in [0.29, 0.717) is 24.5 Å². The number of aliphatic hydroxyl groups excluding tert-OH is 1. The summed E-state index contributed by atoms with van der Waals surface area (Å²) in [7, 11) is 0. The Morgan fingerprint density at radius 1 is 1.15 bits per heavy atom. The van der Waals surface area contributed by atoms with E-state index in [2.05, 4.69) is 0 Å². The molecule has 0 spiro atoms. The van der Waals surface area contributed by atoms with Gasteiger partial charge in [-0.3, -0.25) is 0 Å². The zero-order chi connectivity index (χ0) is 14.4. The van der Waals surface area contributed by atoms with E-state index in [9.17, 15) is 9.00 Å². The van der Waals surface area contributed by atoms with Gasteiger partial charge in [0, 0.05) is 17.2 Å². The van der Waals surface area contributed by atoms with Crippen LogP contribution in [0, 0.1) is 5.92 Å². The van der Waals surface area contributed by atoms with E-state index in [1.54, 1.807) is 0 Å². The third kappa shape index (κ3) is 3.26. The van der Waals surface area contributed by atoms with Crippen molar-refractivity contribution in [2.45, 2.75) is 18.1 Å². The maximum Gasteiger partial charge on any atom is 0.462 e. The van der Waals surface area contributed by atoms with Gasteiger partial charge in [-0.1, -0.05) is 42.5 Å². The molecule has 0 aliphatic rings. The Kier molecular flexibility index (Phi) is 5.32. The van der Waals surface area contributed by atoms with Crippen molar-refractivity contribution < 1.29 is 14.1 Å². The lowest BCUT2D eigenvalue weighted by molar-refractivity contribution is -0.111. The average molecular weight is 289 g/mol. The van der Waals surface area contributed by atoms with Gasteiger partial charge in [-0.15, -0.1) is 0 Å². The summed E-state index contributed by atoms with van der Waals surface area (Å²) in [6.45, 7) is -0.0697. The lowest BCUT2D eigenvalue weighted by Crippen LogP contribution is -2.24. The van der Waals surface area contributed by atoms with Crippen molar-refractivity contribution in [1.82, 2.24) is 0 Å². The van der Waals surface area contributed by atoms with Crippen LogP contribution in [-0.2, 0) is 27.1 Å². The number of hydrogen-bond donors (Lipinski definition) is 1. The third-order valence-electron chi connectivity index (χ3n) is 3.53. The molecule has 0 bridgehead atoms. The van der Waals surface area contributed by atoms with Gasteiger partial charge in [0.15, 0.2) is 0 Å². The maximum atomic E-state index is 11.3. The zero-order valence-electron chi connectivity index (χ0n) is 11.1. The van der Waals surface area contributed by atoms with E-state index < -0.39 is 0 Å². The molecule has 2 atom stereocenters. The SMILES string of the molecule is O=CC(Cc1cccc2ccccc12)C(CCO)[S+]=O. The number of benzene rings is 2. The number of rotatable bonds is 7. The highest BCUT2D eigenvalue weighted by molar-refractivity contribution is 7.66. The van der Waals surface area contributed by atoms with Gasteiger partial charge in [-0.05, 0) is 22.8 Å². The molecule has 0 amide bonds. The first-order chi connectivity index (χ1) is 9.80. The minimum absolute atomic E-state index is 0.0697. The van der Waals surface area contributed by atoms with Crippen LogP contribution in [-0.4, -0.2) is 23.2 Å². The molecule has 0 fully saturated rings. The average Bonchev–Trinajstić information content (AvgIpc) is 2.50. The predicted octanol–water partition coefficient (Wildman–Crippen LogP) is 2.38. The number of carbonyl (C=O) groups excluding carboxylic acids is 1. The van der Waals surface area contributed by atoms with Crippen molar-refractivity contribution in [2.75, 3.05) is 6.61 Å². The van der Waals surface area contributed by atoms with Gasteiger partial charge in [0.2, 0.25) is 5.25 Å². The van der Waals surface area contributed by atoms with Gasteiger partial charge in [0.25, 0.3) is 0 Å². The van der Waals surface area contributed by atoms with Gasteiger partial charge in [0.1, 0.15) is 6.29 Å². The fourth-order valence-corrected chi connectivity index (χ4v) is 2.96. The van der Waals surface area contributed by atoms with Gasteiger partial charge >= 0.3 is 11.7 Å². The van der Waals surface area contributed by atoms with Crippen molar-refractivity contribution in [1.29, 1.82) is 0 Å². The zero-order valence-corrected chi connectivity index (χ0v) is 11.9. The quantitative estimate of drug-likeness (QED) is 0.629. The number of aliphatic hydroxyl groups is 1. The van der Waals surface area contributed by atoms with Crippen LogP contribution < -0.4 is 0 Å². The minimum atomic E-state index is -0.378. The Morgan fingerprint density at radius 2 is 1.90 bits per heavy atom. The van der Waals surface area contributed by atoms with Crippen LogP contribution in [0.3, 0.4) is 0 Å². The van der Waals surface area contributed by atoms with Crippen LogP contribution in [0.15, 0.2) is 42.5 Å². The van der Waals surface area contributed by atoms with E-state index in [0.717, 1.165) is 22.6 Å². The number of carbonyl (C=O) groups is 1. The maximum absolute atomic E-state index is 11.3. The highest BCUT2D eigenvalue weighted by atomic mass is 32.1. The largest absolute Gasteiger partial charge is 0.462 e. The van der Waals surface area contributed by atoms with Gasteiger partial charge in [0.05, 0.1) is 5.92 Å². The molecule has 104 valence electrons. The molecule has 20 heavy (non-hydrogen) atoms. The fraction of sp³-hybridized carbons (Fsp3) is 0.312. The van der Waals surface area contributed by atoms with Crippen molar-refractivity contribution in [3.8, 4) is 0 Å². The van der Waals surface area contributed by atoms with Crippen LogP contribution in [0.1, 0.15) is 12.0 Å². The summed E-state index contributed by atoms with van der Waals surface area (Å²) in [6.07, 6.45) is 1.72. The van der Waals surface area contributed by atoms with Crippen molar-refractivity contribution in [2.24, 2.45) is 5.92 Å². The molecule has 2 aromatic carbocycles. The molecule has 0 saturated heterocycles. The Bertz CT molecular complexity index is 592. The van der Waals surface area contributed by atoms with E-state index in [4.69, 9.17) is 5.11 Å². The lowest BCUT2D eigenvalue weighted by Gasteiger charge is -2.11. The summed E-state index contributed by atoms with van der Waals surface area (Å²) >= 11 is 0.411. The number of hydrogen-bond acceptors (Lipinski definition) is 3. The molecule has 0 heterocycles. The summed E-state index contributed by atoms with van der Waals surface area (Å²) < 4.78 is 11.1. The number of aldehydes is 1. The second-order valence-electron chi connectivity index (χ2n) is 4.79. The molecule has 3 nitrogen and oxygen atoms in total. The lowest BCUT2D eigenvalue weighted by atomic mass is 9.92. The predicted molar refractivity (Wildman–Crippen MR) is 80.7 cm³/mol. The van der Waals surface area contributed by atoms with Crippen molar-refractivity contribution in [3.63, 3.8) is 0 Å². The molecule has 0 radical (unpaired) electrons. The Labute approximate surface area is 122 Å². The van der Waals surface area contributed by atoms with Crippen LogP contribution in [0.4, 0.5) is 0 Å². The Balaban J connectivity index is 2.29. The van der Waals surface area contributed by atoms with E-state index in [1.807, 2.05) is 42.5 Å². The minimum Gasteiger partial charge on any atom is -0.396 e. The smallest absolute Gasteiger partial charge is 0.396 e. The monoisotopic (exact) mass is 289 g/mol. The molecule has 1 N–H and O–H groups in total. The molecule has 0 aromatic heterocycles.